The van der Waals surface area contributed by atoms with Crippen molar-refractivity contribution in [3.63, 3.8) is 0 Å². The summed E-state index contributed by atoms with van der Waals surface area (Å²) < 4.78 is 0. The Hall–Kier alpha value is -0.780. The van der Waals surface area contributed by atoms with Crippen LogP contribution in [0.1, 0.15) is 81.1 Å². The molecule has 0 heterocycles. The number of allylic oxidation sites excluding steroid dienone is 6. The van der Waals surface area contributed by atoms with Gasteiger partial charge in [-0.3, -0.25) is 0 Å². The molecule has 0 nitrogen and oxygen atoms in total. The Morgan fingerprint density at radius 1 is 0.789 bits per heavy atom. The van der Waals surface area contributed by atoms with Gasteiger partial charge in [-0.05, 0) is 65.7 Å². The minimum Gasteiger partial charge on any atom is -0.0856 e. The van der Waals surface area contributed by atoms with Crippen LogP contribution in [0.3, 0.4) is 0 Å². The fourth-order valence-electron chi connectivity index (χ4n) is 1.78. The summed E-state index contributed by atoms with van der Waals surface area (Å²) in [6.07, 6.45) is 13.2. The van der Waals surface area contributed by atoms with Crippen LogP contribution in [0.5, 0.6) is 0 Å². The van der Waals surface area contributed by atoms with Gasteiger partial charge in [0.15, 0.2) is 0 Å². The van der Waals surface area contributed by atoms with Gasteiger partial charge in [0.05, 0.1) is 0 Å². The minimum atomic E-state index is 0. The number of hydrogen-bond acceptors (Lipinski definition) is 0. The van der Waals surface area contributed by atoms with Crippen LogP contribution in [0.15, 0.2) is 34.9 Å². The van der Waals surface area contributed by atoms with E-state index in [1.54, 1.807) is 0 Å². The second-order valence-electron chi connectivity index (χ2n) is 6.09. The Kier molecular flexibility index (Phi) is 13.3. The number of hydrogen-bond donors (Lipinski definition) is 0. The highest BCUT2D eigenvalue weighted by Crippen LogP contribution is 2.13. The van der Waals surface area contributed by atoms with E-state index in [-0.39, 0.29) is 7.43 Å². The lowest BCUT2D eigenvalue weighted by Gasteiger charge is -2.03. The molecular weight excluding hydrogens is 228 g/mol. The summed E-state index contributed by atoms with van der Waals surface area (Å²) in [4.78, 5) is 0. The Balaban J connectivity index is 0. The van der Waals surface area contributed by atoms with Gasteiger partial charge in [0.1, 0.15) is 0 Å². The van der Waals surface area contributed by atoms with Gasteiger partial charge < -0.3 is 0 Å². The molecule has 0 aliphatic heterocycles. The van der Waals surface area contributed by atoms with Gasteiger partial charge in [-0.15, -0.1) is 0 Å². The first-order valence-corrected chi connectivity index (χ1v) is 7.36. The highest BCUT2D eigenvalue weighted by Gasteiger charge is 1.93. The van der Waals surface area contributed by atoms with E-state index in [0.29, 0.717) is 0 Å². The zero-order valence-electron chi connectivity index (χ0n) is 13.3. The molecule has 19 heavy (non-hydrogen) atoms. The van der Waals surface area contributed by atoms with Crippen LogP contribution in [0, 0.1) is 5.92 Å². The quantitative estimate of drug-likeness (QED) is 0.410. The average Bonchev–Trinajstić information content (AvgIpc) is 2.25. The molecule has 0 radical (unpaired) electrons. The fraction of sp³-hybridized carbons (Fsp3) is 0.684. The van der Waals surface area contributed by atoms with E-state index in [1.807, 2.05) is 0 Å². The largest absolute Gasteiger partial charge is 0.0856 e. The summed E-state index contributed by atoms with van der Waals surface area (Å²) in [5.41, 5.74) is 4.50. The topological polar surface area (TPSA) is 0 Å². The van der Waals surface area contributed by atoms with Gasteiger partial charge in [0.2, 0.25) is 0 Å². The summed E-state index contributed by atoms with van der Waals surface area (Å²) in [5.74, 6) is 0.779. The van der Waals surface area contributed by atoms with Gasteiger partial charge in [0.25, 0.3) is 0 Å². The zero-order chi connectivity index (χ0) is 14.0. The molecule has 0 unspecified atom stereocenters. The first-order valence-electron chi connectivity index (χ1n) is 7.36. The molecule has 0 atom stereocenters. The molecule has 112 valence electrons. The zero-order valence-corrected chi connectivity index (χ0v) is 13.3. The molecule has 0 fully saturated rings. The summed E-state index contributed by atoms with van der Waals surface area (Å²) in [7, 11) is 0. The molecule has 0 saturated carbocycles. The van der Waals surface area contributed by atoms with Crippen molar-refractivity contribution in [2.24, 2.45) is 5.92 Å². The van der Waals surface area contributed by atoms with E-state index in [2.05, 4.69) is 59.8 Å². The van der Waals surface area contributed by atoms with E-state index in [1.165, 1.54) is 48.8 Å². The second-order valence-corrected chi connectivity index (χ2v) is 6.09. The number of rotatable bonds is 8. The molecule has 0 rings (SSSR count). The van der Waals surface area contributed by atoms with E-state index in [0.717, 1.165) is 5.92 Å². The van der Waals surface area contributed by atoms with Gasteiger partial charge in [-0.1, -0.05) is 56.2 Å². The van der Waals surface area contributed by atoms with Crippen LogP contribution < -0.4 is 0 Å². The molecule has 0 N–H and O–H groups in total. The molecule has 0 aliphatic rings. The highest BCUT2D eigenvalue weighted by atomic mass is 14.0. The van der Waals surface area contributed by atoms with Gasteiger partial charge in [-0.2, -0.15) is 0 Å². The van der Waals surface area contributed by atoms with Crippen molar-refractivity contribution in [2.45, 2.75) is 81.1 Å². The Bertz CT molecular complexity index is 296. The Morgan fingerprint density at radius 2 is 1.26 bits per heavy atom. The molecule has 0 amide bonds. The first kappa shape index (κ1) is 20.5. The molecule has 0 spiro atoms. The molecule has 0 aromatic carbocycles. The lowest BCUT2D eigenvalue weighted by Crippen LogP contribution is -1.85. The van der Waals surface area contributed by atoms with Gasteiger partial charge in [0, 0.05) is 0 Å². The van der Waals surface area contributed by atoms with Gasteiger partial charge >= 0.3 is 0 Å². The van der Waals surface area contributed by atoms with E-state index in [9.17, 15) is 0 Å². The van der Waals surface area contributed by atoms with Crippen molar-refractivity contribution in [3.8, 4) is 0 Å². The standard InChI is InChI=1S/C18H32.CH4/c1-15(2)9-7-10-17(5)11-8-12-18(6)14-13-16(3)4;/h9,11,14,16H,7-8,10,12-13H2,1-6H3;1H4/b17-11+,18-14+;. The maximum absolute atomic E-state index is 2.41. The third-order valence-electron chi connectivity index (χ3n) is 3.06. The predicted molar refractivity (Wildman–Crippen MR) is 91.6 cm³/mol. The third kappa shape index (κ3) is 15.2. The Labute approximate surface area is 122 Å². The molecule has 0 heteroatoms. The smallest absolute Gasteiger partial charge is 0.0288 e. The highest BCUT2D eigenvalue weighted by molar-refractivity contribution is 5.05. The van der Waals surface area contributed by atoms with Crippen molar-refractivity contribution >= 4 is 0 Å². The first-order chi connectivity index (χ1) is 8.41. The molecule has 0 saturated heterocycles. The van der Waals surface area contributed by atoms with Crippen molar-refractivity contribution < 1.29 is 0 Å². The summed E-state index contributed by atoms with van der Waals surface area (Å²) in [6.45, 7) is 13.4. The normalized spacial score (nSPS) is 12.4. The fourth-order valence-corrected chi connectivity index (χ4v) is 1.78. The van der Waals surface area contributed by atoms with Crippen LogP contribution >= 0.6 is 0 Å². The van der Waals surface area contributed by atoms with Crippen LogP contribution in [0.4, 0.5) is 0 Å². The molecule has 0 bridgehead atoms. The van der Waals surface area contributed by atoms with E-state index >= 15 is 0 Å². The van der Waals surface area contributed by atoms with Crippen molar-refractivity contribution in [2.75, 3.05) is 0 Å². The van der Waals surface area contributed by atoms with Crippen LogP contribution in [0.2, 0.25) is 0 Å². The lowest BCUT2D eigenvalue weighted by molar-refractivity contribution is 0.659. The minimum absolute atomic E-state index is 0. The van der Waals surface area contributed by atoms with E-state index in [4.69, 9.17) is 0 Å². The summed E-state index contributed by atoms with van der Waals surface area (Å²) >= 11 is 0. The molecule has 0 aliphatic carbocycles. The lowest BCUT2D eigenvalue weighted by atomic mass is 10.0. The summed E-state index contributed by atoms with van der Waals surface area (Å²) in [5, 5.41) is 0. The van der Waals surface area contributed by atoms with E-state index < -0.39 is 0 Å². The summed E-state index contributed by atoms with van der Waals surface area (Å²) in [6, 6.07) is 0. The molecule has 0 aromatic heterocycles. The third-order valence-corrected chi connectivity index (χ3v) is 3.06. The van der Waals surface area contributed by atoms with Crippen molar-refractivity contribution in [3.05, 3.63) is 34.9 Å². The van der Waals surface area contributed by atoms with Crippen molar-refractivity contribution in [1.29, 1.82) is 0 Å². The Morgan fingerprint density at radius 3 is 1.74 bits per heavy atom. The SMILES string of the molecule is C.CC(C)=CCC/C(C)=C/CC/C(C)=C/CC(C)C. The molecule has 0 aromatic rings. The van der Waals surface area contributed by atoms with Crippen LogP contribution in [-0.2, 0) is 0 Å². The maximum Gasteiger partial charge on any atom is -0.0288 e. The van der Waals surface area contributed by atoms with Crippen LogP contribution in [-0.4, -0.2) is 0 Å². The molecular formula is C19H36. The van der Waals surface area contributed by atoms with Gasteiger partial charge in [-0.25, -0.2) is 0 Å². The van der Waals surface area contributed by atoms with Crippen molar-refractivity contribution in [1.82, 2.24) is 0 Å². The maximum atomic E-state index is 2.41. The average molecular weight is 264 g/mol. The van der Waals surface area contributed by atoms with Crippen LogP contribution in [0.25, 0.3) is 0 Å². The second kappa shape index (κ2) is 12.3. The monoisotopic (exact) mass is 264 g/mol. The predicted octanol–water partition coefficient (Wildman–Crippen LogP) is 7.09.